The maximum absolute atomic E-state index is 13.6. The summed E-state index contributed by atoms with van der Waals surface area (Å²) in [5, 5.41) is 10.6. The Kier molecular flexibility index (Phi) is 7.69. The molecule has 5 rings (SSSR count). The lowest BCUT2D eigenvalue weighted by molar-refractivity contribution is -0.116. The molecule has 5 nitrogen and oxygen atoms in total. The van der Waals surface area contributed by atoms with Crippen LogP contribution in [0.1, 0.15) is 59.9 Å². The molecule has 2 N–H and O–H groups in total. The molecule has 1 atom stereocenters. The summed E-state index contributed by atoms with van der Waals surface area (Å²) in [5.74, 6) is -0.247. The van der Waals surface area contributed by atoms with Gasteiger partial charge in [-0.25, -0.2) is 4.39 Å². The number of aryl methyl sites for hydroxylation is 2. The summed E-state index contributed by atoms with van der Waals surface area (Å²) in [5.41, 5.74) is 14.3. The lowest BCUT2D eigenvalue weighted by atomic mass is 9.73. The average Bonchev–Trinajstić information content (AvgIpc) is 2.94. The molecule has 3 aromatic rings. The summed E-state index contributed by atoms with van der Waals surface area (Å²) in [6.07, 6.45) is 2.76. The molecular formula is C33H31ClFN3O2. The molecule has 204 valence electrons. The minimum Gasteiger partial charge on any atom is -0.487 e. The van der Waals surface area contributed by atoms with E-state index in [1.807, 2.05) is 43.0 Å². The van der Waals surface area contributed by atoms with E-state index in [2.05, 4.69) is 25.1 Å². The summed E-state index contributed by atoms with van der Waals surface area (Å²) in [6.45, 7) is 6.23. The fourth-order valence-corrected chi connectivity index (χ4v) is 5.96. The Labute approximate surface area is 239 Å². The van der Waals surface area contributed by atoms with Gasteiger partial charge in [-0.3, -0.25) is 9.69 Å². The first-order chi connectivity index (χ1) is 19.2. The number of ketones is 1. The number of nitrogens with zero attached hydrogens (tertiary/aromatic N) is 2. The molecule has 2 aliphatic rings. The van der Waals surface area contributed by atoms with Gasteiger partial charge in [-0.15, -0.1) is 0 Å². The summed E-state index contributed by atoms with van der Waals surface area (Å²) >= 11 is 6.18. The minimum absolute atomic E-state index is 0.0403. The highest BCUT2D eigenvalue weighted by Crippen LogP contribution is 2.47. The largest absolute Gasteiger partial charge is 0.487 e. The number of carbonyl (C=O) groups excluding carboxylic acids is 1. The average molecular weight is 556 g/mol. The van der Waals surface area contributed by atoms with Crippen molar-refractivity contribution in [2.24, 2.45) is 5.73 Å². The number of rotatable bonds is 6. The number of allylic oxidation sites excluding steroid dienone is 3. The van der Waals surface area contributed by atoms with E-state index in [0.717, 1.165) is 46.5 Å². The van der Waals surface area contributed by atoms with Crippen molar-refractivity contribution >= 4 is 23.1 Å². The van der Waals surface area contributed by atoms with Gasteiger partial charge in [-0.1, -0.05) is 48.4 Å². The minimum atomic E-state index is -0.577. The Bertz CT molecular complexity index is 1600. The third-order valence-electron chi connectivity index (χ3n) is 7.80. The summed E-state index contributed by atoms with van der Waals surface area (Å²) < 4.78 is 19.5. The van der Waals surface area contributed by atoms with Crippen molar-refractivity contribution in [1.29, 1.82) is 5.26 Å². The van der Waals surface area contributed by atoms with Crippen LogP contribution in [0.15, 0.2) is 77.3 Å². The lowest BCUT2D eigenvalue weighted by Crippen LogP contribution is -2.39. The highest BCUT2D eigenvalue weighted by Gasteiger charge is 2.41. The number of ether oxygens (including phenoxy) is 1. The number of hydrogen-bond acceptors (Lipinski definition) is 5. The van der Waals surface area contributed by atoms with Crippen LogP contribution in [0.4, 0.5) is 10.1 Å². The molecule has 7 heteroatoms. The number of hydrogen-bond donors (Lipinski definition) is 1. The van der Waals surface area contributed by atoms with Gasteiger partial charge in [0.25, 0.3) is 0 Å². The second kappa shape index (κ2) is 11.2. The number of Topliss-reactive ketones (excluding diaryl/α,β-unsaturated/α-hetero) is 1. The molecule has 0 spiro atoms. The Hall–Kier alpha value is -4.08. The van der Waals surface area contributed by atoms with Gasteiger partial charge in [0.15, 0.2) is 5.78 Å². The maximum atomic E-state index is 13.6. The van der Waals surface area contributed by atoms with Crippen molar-refractivity contribution in [3.8, 4) is 11.8 Å². The smallest absolute Gasteiger partial charge is 0.161 e. The van der Waals surface area contributed by atoms with E-state index in [1.165, 1.54) is 23.8 Å². The van der Waals surface area contributed by atoms with Crippen molar-refractivity contribution in [1.82, 2.24) is 0 Å². The molecule has 0 fully saturated rings. The summed E-state index contributed by atoms with van der Waals surface area (Å²) in [7, 11) is 0. The molecule has 1 heterocycles. The molecule has 0 radical (unpaired) electrons. The first kappa shape index (κ1) is 27.5. The molecule has 0 saturated heterocycles. The van der Waals surface area contributed by atoms with Crippen molar-refractivity contribution in [3.63, 3.8) is 0 Å². The summed E-state index contributed by atoms with van der Waals surface area (Å²) in [6, 6.07) is 18.5. The van der Waals surface area contributed by atoms with Crippen LogP contribution in [0.5, 0.6) is 5.75 Å². The van der Waals surface area contributed by atoms with Crippen molar-refractivity contribution < 1.29 is 13.9 Å². The van der Waals surface area contributed by atoms with Crippen LogP contribution in [-0.4, -0.2) is 5.78 Å². The van der Waals surface area contributed by atoms with Crippen LogP contribution in [0.25, 0.3) is 0 Å². The van der Waals surface area contributed by atoms with E-state index in [0.29, 0.717) is 35.6 Å². The second-order valence-electron chi connectivity index (χ2n) is 10.3. The van der Waals surface area contributed by atoms with E-state index in [1.54, 1.807) is 0 Å². The number of carbonyl (C=O) groups is 1. The van der Waals surface area contributed by atoms with Gasteiger partial charge in [-0.05, 0) is 85.7 Å². The van der Waals surface area contributed by atoms with Crippen molar-refractivity contribution in [2.75, 3.05) is 4.90 Å². The van der Waals surface area contributed by atoms with Crippen LogP contribution in [0.3, 0.4) is 0 Å². The van der Waals surface area contributed by atoms with Gasteiger partial charge in [0.1, 0.15) is 24.0 Å². The van der Waals surface area contributed by atoms with Crippen LogP contribution >= 0.6 is 11.6 Å². The number of nitrogens with two attached hydrogens (primary N) is 1. The molecule has 1 aliphatic carbocycles. The Balaban J connectivity index is 1.61. The fourth-order valence-electron chi connectivity index (χ4n) is 5.73. The summed E-state index contributed by atoms with van der Waals surface area (Å²) in [4.78, 5) is 15.5. The van der Waals surface area contributed by atoms with Gasteiger partial charge >= 0.3 is 0 Å². The standard InChI is InChI=1S/C33H31ClFN3O2/c1-4-21-8-11-24(12-9-21)38-28-6-5-7-29(39)32(28)31(26(17-36)33(38)37)25-15-19(2)14-22(20(25)3)18-40-30-13-10-23(35)16-27(30)34/h8-16,31H,4-7,18,37H2,1-3H3. The predicted molar refractivity (Wildman–Crippen MR) is 155 cm³/mol. The van der Waals surface area contributed by atoms with Crippen LogP contribution in [0, 0.1) is 31.0 Å². The zero-order chi connectivity index (χ0) is 28.6. The molecule has 1 aliphatic heterocycles. The third kappa shape index (κ3) is 4.98. The first-order valence-electron chi connectivity index (χ1n) is 13.5. The number of nitriles is 1. The normalized spacial score (nSPS) is 17.1. The Morgan fingerprint density at radius 2 is 1.88 bits per heavy atom. The first-order valence-corrected chi connectivity index (χ1v) is 13.8. The molecule has 0 amide bonds. The quantitative estimate of drug-likeness (QED) is 0.340. The fraction of sp³-hybridized carbons (Fsp3) is 0.273. The topological polar surface area (TPSA) is 79.3 Å². The van der Waals surface area contributed by atoms with E-state index < -0.39 is 11.7 Å². The van der Waals surface area contributed by atoms with Crippen LogP contribution < -0.4 is 15.4 Å². The highest BCUT2D eigenvalue weighted by molar-refractivity contribution is 6.32. The van der Waals surface area contributed by atoms with E-state index in [-0.39, 0.29) is 17.4 Å². The van der Waals surface area contributed by atoms with E-state index in [4.69, 9.17) is 22.1 Å². The van der Waals surface area contributed by atoms with Gasteiger partial charge in [0.2, 0.25) is 0 Å². The molecule has 0 bridgehead atoms. The van der Waals surface area contributed by atoms with Crippen LogP contribution in [-0.2, 0) is 17.8 Å². The van der Waals surface area contributed by atoms with Crippen molar-refractivity contribution in [2.45, 2.75) is 59.0 Å². The number of benzene rings is 3. The number of anilines is 1. The van der Waals surface area contributed by atoms with Crippen molar-refractivity contribution in [3.05, 3.63) is 116 Å². The van der Waals surface area contributed by atoms with Gasteiger partial charge in [0, 0.05) is 23.4 Å². The van der Waals surface area contributed by atoms with Crippen LogP contribution in [0.2, 0.25) is 5.02 Å². The van der Waals surface area contributed by atoms with Gasteiger partial charge < -0.3 is 10.5 Å². The molecule has 0 aromatic heterocycles. The molecule has 3 aromatic carbocycles. The zero-order valence-electron chi connectivity index (χ0n) is 22.9. The van der Waals surface area contributed by atoms with E-state index >= 15 is 0 Å². The highest BCUT2D eigenvalue weighted by atomic mass is 35.5. The predicted octanol–water partition coefficient (Wildman–Crippen LogP) is 7.54. The number of halogens is 2. The molecule has 40 heavy (non-hydrogen) atoms. The Morgan fingerprint density at radius 1 is 1.12 bits per heavy atom. The van der Waals surface area contributed by atoms with Gasteiger partial charge in [0.05, 0.1) is 22.6 Å². The molecular weight excluding hydrogens is 525 g/mol. The second-order valence-corrected chi connectivity index (χ2v) is 10.7. The monoisotopic (exact) mass is 555 g/mol. The SMILES string of the molecule is CCc1ccc(N2C(N)=C(C#N)C(c3cc(C)cc(COc4ccc(F)cc4Cl)c3C)C3=C2CCCC3=O)cc1. The lowest BCUT2D eigenvalue weighted by Gasteiger charge is -2.40. The van der Waals surface area contributed by atoms with E-state index in [9.17, 15) is 14.4 Å². The molecule has 1 unspecified atom stereocenters. The van der Waals surface area contributed by atoms with Gasteiger partial charge in [-0.2, -0.15) is 5.26 Å². The zero-order valence-corrected chi connectivity index (χ0v) is 23.6. The molecule has 0 saturated carbocycles. The third-order valence-corrected chi connectivity index (χ3v) is 8.10. The maximum Gasteiger partial charge on any atom is 0.161 e. The Morgan fingerprint density at radius 3 is 2.55 bits per heavy atom.